The standard InChI is InChI=1S/C17H14ClF2NO4S/c1-25-17(22)12-3-4-13(16(20)9-12)10-21(26(23)24)7-6-11-2-5-15(19)14(18)8-11/h2-9H,10H2,1H3,(H,23,24). The van der Waals surface area contributed by atoms with E-state index in [4.69, 9.17) is 11.6 Å². The van der Waals surface area contributed by atoms with Crippen molar-refractivity contribution in [2.24, 2.45) is 0 Å². The second-order valence-corrected chi connectivity index (χ2v) is 6.43. The number of nitrogens with zero attached hydrogens (tertiary/aromatic N) is 1. The SMILES string of the molecule is COC(=O)c1ccc(CN(C=Cc2ccc(F)c(Cl)c2)S(=O)O)c(F)c1. The van der Waals surface area contributed by atoms with Crippen LogP contribution in [0.1, 0.15) is 21.5 Å². The Kier molecular flexibility index (Phi) is 6.84. The number of halogens is 3. The molecule has 0 aromatic heterocycles. The van der Waals surface area contributed by atoms with E-state index in [2.05, 4.69) is 4.74 Å². The third-order valence-corrected chi connectivity index (χ3v) is 4.32. The van der Waals surface area contributed by atoms with Gasteiger partial charge in [-0.25, -0.2) is 17.8 Å². The van der Waals surface area contributed by atoms with Crippen molar-refractivity contribution in [3.8, 4) is 0 Å². The molecule has 26 heavy (non-hydrogen) atoms. The number of hydrogen-bond donors (Lipinski definition) is 1. The number of rotatable bonds is 6. The summed E-state index contributed by atoms with van der Waals surface area (Å²) < 4.78 is 53.6. The number of hydrogen-bond acceptors (Lipinski definition) is 3. The Morgan fingerprint density at radius 1 is 1.27 bits per heavy atom. The summed E-state index contributed by atoms with van der Waals surface area (Å²) in [5, 5.41) is -0.0896. The molecule has 9 heteroatoms. The van der Waals surface area contributed by atoms with Crippen molar-refractivity contribution in [3.05, 3.63) is 75.9 Å². The molecule has 0 aliphatic rings. The van der Waals surface area contributed by atoms with E-state index < -0.39 is 28.9 Å². The number of benzene rings is 2. The second kappa shape index (κ2) is 8.88. The van der Waals surface area contributed by atoms with Gasteiger partial charge < -0.3 is 4.74 Å². The van der Waals surface area contributed by atoms with Crippen LogP contribution in [0.3, 0.4) is 0 Å². The number of esters is 1. The zero-order valence-corrected chi connectivity index (χ0v) is 15.1. The largest absolute Gasteiger partial charge is 0.465 e. The molecule has 2 aromatic carbocycles. The van der Waals surface area contributed by atoms with Gasteiger partial charge in [0.25, 0.3) is 11.3 Å². The van der Waals surface area contributed by atoms with Crippen LogP contribution in [-0.2, 0) is 22.5 Å². The summed E-state index contributed by atoms with van der Waals surface area (Å²) in [6.45, 7) is -0.234. The van der Waals surface area contributed by atoms with Crippen LogP contribution >= 0.6 is 11.6 Å². The van der Waals surface area contributed by atoms with Gasteiger partial charge in [0.2, 0.25) is 0 Å². The molecular weight excluding hydrogens is 388 g/mol. The van der Waals surface area contributed by atoms with Gasteiger partial charge in [0.1, 0.15) is 11.6 Å². The van der Waals surface area contributed by atoms with Crippen molar-refractivity contribution >= 4 is 34.9 Å². The molecule has 0 amide bonds. The fourth-order valence-electron chi connectivity index (χ4n) is 2.03. The molecule has 1 N–H and O–H groups in total. The Morgan fingerprint density at radius 3 is 2.58 bits per heavy atom. The first-order chi connectivity index (χ1) is 12.3. The van der Waals surface area contributed by atoms with Gasteiger partial charge in [-0.3, -0.25) is 8.86 Å². The van der Waals surface area contributed by atoms with Gasteiger partial charge in [-0.15, -0.1) is 0 Å². The van der Waals surface area contributed by atoms with Gasteiger partial charge in [0, 0.05) is 11.8 Å². The minimum atomic E-state index is -2.43. The summed E-state index contributed by atoms with van der Waals surface area (Å²) in [4.78, 5) is 11.4. The molecule has 0 spiro atoms. The van der Waals surface area contributed by atoms with Gasteiger partial charge in [-0.2, -0.15) is 0 Å². The van der Waals surface area contributed by atoms with Gasteiger partial charge in [-0.05, 0) is 35.9 Å². The van der Waals surface area contributed by atoms with Crippen molar-refractivity contribution in [1.82, 2.24) is 4.31 Å². The normalized spacial score (nSPS) is 12.2. The highest BCUT2D eigenvalue weighted by Gasteiger charge is 2.14. The predicted octanol–water partition coefficient (Wildman–Crippen LogP) is 4.01. The van der Waals surface area contributed by atoms with Gasteiger partial charge in [0.05, 0.1) is 24.2 Å². The molecule has 138 valence electrons. The minimum absolute atomic E-state index is 0.0296. The zero-order chi connectivity index (χ0) is 19.3. The Labute approximate surface area is 156 Å². The topological polar surface area (TPSA) is 66.8 Å². The van der Waals surface area contributed by atoms with Crippen LogP contribution in [0.5, 0.6) is 0 Å². The zero-order valence-electron chi connectivity index (χ0n) is 13.5. The smallest absolute Gasteiger partial charge is 0.337 e. The van der Waals surface area contributed by atoms with E-state index in [0.717, 1.165) is 16.4 Å². The average molecular weight is 402 g/mol. The van der Waals surface area contributed by atoms with Crippen LogP contribution < -0.4 is 0 Å². The van der Waals surface area contributed by atoms with E-state index >= 15 is 0 Å². The van der Waals surface area contributed by atoms with E-state index in [1.807, 2.05) is 0 Å². The van der Waals surface area contributed by atoms with Gasteiger partial charge in [-0.1, -0.05) is 23.7 Å². The number of ether oxygens (including phenoxy) is 1. The highest BCUT2D eigenvalue weighted by atomic mass is 35.5. The van der Waals surface area contributed by atoms with Crippen LogP contribution in [0, 0.1) is 11.6 Å². The molecule has 0 heterocycles. The molecule has 0 saturated heterocycles. The first-order valence-corrected chi connectivity index (χ1v) is 8.63. The lowest BCUT2D eigenvalue weighted by atomic mass is 10.1. The maximum Gasteiger partial charge on any atom is 0.337 e. The summed E-state index contributed by atoms with van der Waals surface area (Å²) in [6.07, 6.45) is 2.69. The Bertz CT molecular complexity index is 876. The molecule has 0 fully saturated rings. The van der Waals surface area contributed by atoms with E-state index in [9.17, 15) is 22.3 Å². The van der Waals surface area contributed by atoms with Crippen molar-refractivity contribution in [1.29, 1.82) is 0 Å². The van der Waals surface area contributed by atoms with E-state index in [-0.39, 0.29) is 22.7 Å². The van der Waals surface area contributed by atoms with Crippen molar-refractivity contribution in [2.45, 2.75) is 6.54 Å². The van der Waals surface area contributed by atoms with Crippen LogP contribution in [-0.4, -0.2) is 26.1 Å². The second-order valence-electron chi connectivity index (χ2n) is 5.09. The highest BCUT2D eigenvalue weighted by molar-refractivity contribution is 7.76. The minimum Gasteiger partial charge on any atom is -0.465 e. The predicted molar refractivity (Wildman–Crippen MR) is 94.5 cm³/mol. The van der Waals surface area contributed by atoms with Crippen LogP contribution in [0.25, 0.3) is 6.08 Å². The molecule has 2 aromatic rings. The first-order valence-electron chi connectivity index (χ1n) is 7.19. The number of carbonyl (C=O) groups is 1. The summed E-state index contributed by atoms with van der Waals surface area (Å²) in [5.41, 5.74) is 0.622. The quantitative estimate of drug-likeness (QED) is 0.586. The lowest BCUT2D eigenvalue weighted by molar-refractivity contribution is 0.0600. The molecule has 0 radical (unpaired) electrons. The molecule has 2 rings (SSSR count). The van der Waals surface area contributed by atoms with Crippen molar-refractivity contribution in [2.75, 3.05) is 7.11 Å². The summed E-state index contributed by atoms with van der Waals surface area (Å²) >= 11 is 3.25. The van der Waals surface area contributed by atoms with Crippen molar-refractivity contribution in [3.63, 3.8) is 0 Å². The van der Waals surface area contributed by atoms with E-state index in [0.29, 0.717) is 5.56 Å². The maximum atomic E-state index is 14.1. The molecule has 1 unspecified atom stereocenters. The molecular formula is C17H14ClF2NO4S. The van der Waals surface area contributed by atoms with Gasteiger partial charge in [0.15, 0.2) is 0 Å². The maximum absolute atomic E-state index is 14.1. The van der Waals surface area contributed by atoms with Crippen LogP contribution in [0.2, 0.25) is 5.02 Å². The monoisotopic (exact) mass is 401 g/mol. The fraction of sp³-hybridized carbons (Fsp3) is 0.118. The van der Waals surface area contributed by atoms with E-state index in [1.54, 1.807) is 0 Å². The Morgan fingerprint density at radius 2 is 2.00 bits per heavy atom. The molecule has 0 aliphatic heterocycles. The summed E-state index contributed by atoms with van der Waals surface area (Å²) in [7, 11) is 1.18. The molecule has 1 atom stereocenters. The van der Waals surface area contributed by atoms with E-state index in [1.165, 1.54) is 43.7 Å². The lowest BCUT2D eigenvalue weighted by Gasteiger charge is -2.16. The third-order valence-electron chi connectivity index (χ3n) is 3.38. The van der Waals surface area contributed by atoms with Gasteiger partial charge >= 0.3 is 5.97 Å². The fourth-order valence-corrected chi connectivity index (χ4v) is 2.64. The van der Waals surface area contributed by atoms with Crippen LogP contribution in [0.15, 0.2) is 42.6 Å². The molecule has 0 aliphatic carbocycles. The first kappa shape index (κ1) is 20.0. The summed E-state index contributed by atoms with van der Waals surface area (Å²) in [6, 6.07) is 7.60. The lowest BCUT2D eigenvalue weighted by Crippen LogP contribution is -2.19. The Balaban J connectivity index is 2.20. The number of methoxy groups -OCH3 is 1. The highest BCUT2D eigenvalue weighted by Crippen LogP contribution is 2.18. The third kappa shape index (κ3) is 5.10. The number of carbonyl (C=O) groups excluding carboxylic acids is 1. The summed E-state index contributed by atoms with van der Waals surface area (Å²) in [5.74, 6) is -1.99. The average Bonchev–Trinajstić information content (AvgIpc) is 2.61. The molecule has 5 nitrogen and oxygen atoms in total. The Hall–Kier alpha value is -2.29. The van der Waals surface area contributed by atoms with Crippen LogP contribution in [0.4, 0.5) is 8.78 Å². The molecule has 0 saturated carbocycles. The van der Waals surface area contributed by atoms with Crippen molar-refractivity contribution < 1.29 is 27.1 Å². The molecule has 0 bridgehead atoms.